The Labute approximate surface area is 237 Å². The first-order valence-electron chi connectivity index (χ1n) is 13.3. The number of methoxy groups -OCH3 is 1. The highest BCUT2D eigenvalue weighted by atomic mass is 16.7. The molecule has 0 aliphatic carbocycles. The van der Waals surface area contributed by atoms with E-state index in [4.69, 9.17) is 32.8 Å². The van der Waals surface area contributed by atoms with Gasteiger partial charge in [-0.25, -0.2) is 4.79 Å². The summed E-state index contributed by atoms with van der Waals surface area (Å²) in [6.45, 7) is 1.77. The monoisotopic (exact) mass is 558 g/mol. The summed E-state index contributed by atoms with van der Waals surface area (Å²) in [7, 11) is 1.57. The van der Waals surface area contributed by atoms with Crippen molar-refractivity contribution in [2.45, 2.75) is 19.1 Å². The number of hydrogen-bond donors (Lipinski definition) is 1. The minimum absolute atomic E-state index is 0.115. The molecule has 41 heavy (non-hydrogen) atoms. The van der Waals surface area contributed by atoms with E-state index in [1.165, 1.54) is 0 Å². The number of para-hydroxylation sites is 1. The van der Waals surface area contributed by atoms with Gasteiger partial charge in [-0.3, -0.25) is 0 Å². The first-order valence-corrected chi connectivity index (χ1v) is 13.3. The van der Waals surface area contributed by atoms with Crippen LogP contribution in [-0.2, 0) is 13.1 Å². The van der Waals surface area contributed by atoms with Crippen LogP contribution in [0.1, 0.15) is 22.9 Å². The lowest BCUT2D eigenvalue weighted by molar-refractivity contribution is 0.169. The van der Waals surface area contributed by atoms with Crippen molar-refractivity contribution in [2.24, 2.45) is 0 Å². The van der Waals surface area contributed by atoms with E-state index in [0.29, 0.717) is 53.5 Å². The molecule has 1 aromatic heterocycles. The minimum Gasteiger partial charge on any atom is -0.493 e. The van der Waals surface area contributed by atoms with Crippen molar-refractivity contribution in [1.82, 2.24) is 10.2 Å². The molecule has 1 atom stereocenters. The predicted molar refractivity (Wildman–Crippen MR) is 148 cm³/mol. The Hall–Kier alpha value is -4.99. The summed E-state index contributed by atoms with van der Waals surface area (Å²) >= 11 is 0. The average Bonchev–Trinajstić information content (AvgIpc) is 3.71. The number of furan rings is 1. The Morgan fingerprint density at radius 1 is 0.902 bits per heavy atom. The van der Waals surface area contributed by atoms with Crippen molar-refractivity contribution < 1.29 is 37.6 Å². The maximum absolute atomic E-state index is 13.9. The quantitative estimate of drug-likeness (QED) is 0.279. The standard InChI is InChI=1S/C31H30N2O8/c1-35-28-14-21(15-29-30(28)41-20-40-29)17-33(18-24-8-5-11-36-24)31(34)32-25(19-39-23-6-3-2-4-7-23)22-9-10-26-27(16-22)38-13-12-37-26/h2-11,14-16,25H,12-13,17-20H2,1H3,(H,32,34). The van der Waals surface area contributed by atoms with Crippen LogP contribution in [0.2, 0.25) is 0 Å². The van der Waals surface area contributed by atoms with Crippen LogP contribution in [0.3, 0.4) is 0 Å². The second-order valence-electron chi connectivity index (χ2n) is 9.50. The Kier molecular flexibility index (Phi) is 7.70. The highest BCUT2D eigenvalue weighted by molar-refractivity contribution is 5.75. The summed E-state index contributed by atoms with van der Waals surface area (Å²) in [5.74, 6) is 4.31. The van der Waals surface area contributed by atoms with Crippen molar-refractivity contribution in [3.8, 4) is 34.5 Å². The van der Waals surface area contributed by atoms with Gasteiger partial charge in [0.1, 0.15) is 31.3 Å². The van der Waals surface area contributed by atoms with Gasteiger partial charge in [0.2, 0.25) is 12.5 Å². The van der Waals surface area contributed by atoms with Crippen LogP contribution in [0.25, 0.3) is 0 Å². The summed E-state index contributed by atoms with van der Waals surface area (Å²) in [6, 6.07) is 21.6. The fraction of sp³-hybridized carbons (Fsp3) is 0.258. The number of nitrogens with zero attached hydrogens (tertiary/aromatic N) is 1. The van der Waals surface area contributed by atoms with E-state index in [0.717, 1.165) is 11.1 Å². The molecule has 1 N–H and O–H groups in total. The van der Waals surface area contributed by atoms with Gasteiger partial charge in [0.15, 0.2) is 23.0 Å². The third kappa shape index (κ3) is 6.11. The fourth-order valence-electron chi connectivity index (χ4n) is 4.72. The smallest absolute Gasteiger partial charge is 0.318 e. The summed E-state index contributed by atoms with van der Waals surface area (Å²) in [4.78, 5) is 15.6. The molecule has 10 heteroatoms. The predicted octanol–water partition coefficient (Wildman–Crippen LogP) is 5.32. The van der Waals surface area contributed by atoms with E-state index in [1.54, 1.807) is 24.3 Å². The lowest BCUT2D eigenvalue weighted by Gasteiger charge is -2.27. The lowest BCUT2D eigenvalue weighted by Crippen LogP contribution is -2.42. The normalized spacial score (nSPS) is 13.8. The summed E-state index contributed by atoms with van der Waals surface area (Å²) in [5.41, 5.74) is 1.63. The number of hydrogen-bond acceptors (Lipinski definition) is 8. The van der Waals surface area contributed by atoms with Crippen LogP contribution in [0.5, 0.6) is 34.5 Å². The van der Waals surface area contributed by atoms with Gasteiger partial charge in [0.25, 0.3) is 0 Å². The van der Waals surface area contributed by atoms with Gasteiger partial charge in [-0.15, -0.1) is 0 Å². The summed E-state index contributed by atoms with van der Waals surface area (Å²) < 4.78 is 39.8. The number of carbonyl (C=O) groups is 1. The van der Waals surface area contributed by atoms with Crippen LogP contribution >= 0.6 is 0 Å². The van der Waals surface area contributed by atoms with Gasteiger partial charge >= 0.3 is 6.03 Å². The molecule has 4 aromatic rings. The van der Waals surface area contributed by atoms with Gasteiger partial charge in [0, 0.05) is 6.54 Å². The highest BCUT2D eigenvalue weighted by Gasteiger charge is 2.26. The number of amides is 2. The maximum Gasteiger partial charge on any atom is 0.318 e. The van der Waals surface area contributed by atoms with E-state index >= 15 is 0 Å². The number of nitrogens with one attached hydrogen (secondary N) is 1. The molecular formula is C31H30N2O8. The largest absolute Gasteiger partial charge is 0.493 e. The molecule has 0 spiro atoms. The molecule has 10 nitrogen and oxygen atoms in total. The molecule has 0 radical (unpaired) electrons. The molecule has 212 valence electrons. The van der Waals surface area contributed by atoms with Crippen LogP contribution < -0.4 is 33.7 Å². The molecule has 0 fully saturated rings. The maximum atomic E-state index is 13.9. The van der Waals surface area contributed by atoms with Crippen LogP contribution in [0.15, 0.2) is 83.5 Å². The Balaban J connectivity index is 1.27. The van der Waals surface area contributed by atoms with E-state index < -0.39 is 6.04 Å². The van der Waals surface area contributed by atoms with Gasteiger partial charge < -0.3 is 43.1 Å². The van der Waals surface area contributed by atoms with Crippen LogP contribution in [0, 0.1) is 0 Å². The second kappa shape index (κ2) is 12.0. The zero-order valence-electron chi connectivity index (χ0n) is 22.5. The zero-order valence-corrected chi connectivity index (χ0v) is 22.5. The van der Waals surface area contributed by atoms with Crippen molar-refractivity contribution in [3.63, 3.8) is 0 Å². The molecule has 0 saturated carbocycles. The topological polar surface area (TPSA) is 101 Å². The van der Waals surface area contributed by atoms with E-state index in [1.807, 2.05) is 66.7 Å². The number of rotatable bonds is 10. The highest BCUT2D eigenvalue weighted by Crippen LogP contribution is 2.42. The summed E-state index contributed by atoms with van der Waals surface area (Å²) in [5, 5.41) is 3.16. The SMILES string of the molecule is COc1cc(CN(Cc2ccco2)C(=O)NC(COc2ccccc2)c2ccc3c(c2)OCCO3)cc2c1OCO2. The molecule has 3 heterocycles. The minimum atomic E-state index is -0.496. The van der Waals surface area contributed by atoms with Crippen LogP contribution in [-0.4, -0.2) is 44.7 Å². The van der Waals surface area contributed by atoms with Gasteiger partial charge in [-0.1, -0.05) is 24.3 Å². The second-order valence-corrected chi connectivity index (χ2v) is 9.50. The molecule has 2 aliphatic rings. The average molecular weight is 559 g/mol. The van der Waals surface area contributed by atoms with E-state index in [9.17, 15) is 4.79 Å². The van der Waals surface area contributed by atoms with Crippen molar-refractivity contribution in [2.75, 3.05) is 33.7 Å². The molecule has 3 aromatic carbocycles. The van der Waals surface area contributed by atoms with Gasteiger partial charge in [-0.2, -0.15) is 0 Å². The number of ether oxygens (including phenoxy) is 6. The van der Waals surface area contributed by atoms with Crippen molar-refractivity contribution in [3.05, 3.63) is 95.9 Å². The number of benzene rings is 3. The first kappa shape index (κ1) is 26.2. The molecule has 0 saturated heterocycles. The Morgan fingerprint density at radius 3 is 2.56 bits per heavy atom. The lowest BCUT2D eigenvalue weighted by atomic mass is 10.1. The molecule has 0 bridgehead atoms. The van der Waals surface area contributed by atoms with E-state index in [-0.39, 0.29) is 32.5 Å². The van der Waals surface area contributed by atoms with E-state index in [2.05, 4.69) is 5.32 Å². The molecule has 2 aliphatic heterocycles. The molecule has 6 rings (SSSR count). The third-order valence-electron chi connectivity index (χ3n) is 6.73. The Morgan fingerprint density at radius 2 is 1.76 bits per heavy atom. The summed E-state index contributed by atoms with van der Waals surface area (Å²) in [6.07, 6.45) is 1.58. The first-order chi connectivity index (χ1) is 20.2. The number of urea groups is 1. The third-order valence-corrected chi connectivity index (χ3v) is 6.73. The zero-order chi connectivity index (χ0) is 28.0. The number of fused-ring (bicyclic) bond motifs is 2. The van der Waals surface area contributed by atoms with Crippen molar-refractivity contribution in [1.29, 1.82) is 0 Å². The molecule has 2 amide bonds. The van der Waals surface area contributed by atoms with Gasteiger partial charge in [-0.05, 0) is 59.7 Å². The van der Waals surface area contributed by atoms with Crippen molar-refractivity contribution >= 4 is 6.03 Å². The Bertz CT molecular complexity index is 1480. The number of carbonyl (C=O) groups excluding carboxylic acids is 1. The fourth-order valence-corrected chi connectivity index (χ4v) is 4.72. The van der Waals surface area contributed by atoms with Gasteiger partial charge in [0.05, 0.1) is 26.0 Å². The van der Waals surface area contributed by atoms with Crippen LogP contribution in [0.4, 0.5) is 4.79 Å². The molecular weight excluding hydrogens is 528 g/mol. The molecule has 1 unspecified atom stereocenters.